The number of hydrogen-bond acceptors (Lipinski definition) is 6. The van der Waals surface area contributed by atoms with Gasteiger partial charge in [0.2, 0.25) is 0 Å². The molecular formula is C33H40ClN2O4S-. The summed E-state index contributed by atoms with van der Waals surface area (Å²) < 4.78 is 23.0. The summed E-state index contributed by atoms with van der Waals surface area (Å²) in [5, 5.41) is 11.3. The fourth-order valence-corrected chi connectivity index (χ4v) is 7.65. The fraction of sp³-hybridized carbons (Fsp3) is 0.485. The van der Waals surface area contributed by atoms with Crippen molar-refractivity contribution in [2.75, 3.05) is 30.3 Å². The van der Waals surface area contributed by atoms with Crippen LogP contribution in [0.25, 0.3) is 0 Å². The first kappa shape index (κ1) is 29.9. The number of hydrogen-bond donors (Lipinski definition) is 1. The highest BCUT2D eigenvalue weighted by Crippen LogP contribution is 2.46. The van der Waals surface area contributed by atoms with E-state index in [0.29, 0.717) is 30.3 Å². The molecule has 1 heterocycles. The van der Waals surface area contributed by atoms with Gasteiger partial charge >= 0.3 is 0 Å². The number of ether oxygens (including phenoxy) is 1. The van der Waals surface area contributed by atoms with E-state index in [4.69, 9.17) is 16.3 Å². The Hall–Kier alpha value is -2.61. The topological polar surface area (TPSA) is 79.2 Å². The molecule has 8 heteroatoms. The lowest BCUT2D eigenvalue weighted by molar-refractivity contribution is 0.0460. The van der Waals surface area contributed by atoms with Crippen LogP contribution in [0.15, 0.2) is 65.6 Å². The number of unbranched alkanes of at least 4 members (excludes halogenated alkanes) is 1. The lowest BCUT2D eigenvalue weighted by Gasteiger charge is -2.45. The summed E-state index contributed by atoms with van der Waals surface area (Å²) in [5.41, 5.74) is 3.58. The molecule has 2 aromatic rings. The summed E-state index contributed by atoms with van der Waals surface area (Å²) in [4.78, 5) is 15.4. The zero-order chi connectivity index (χ0) is 29.0. The van der Waals surface area contributed by atoms with Gasteiger partial charge in [0.25, 0.3) is 5.91 Å². The second kappa shape index (κ2) is 13.1. The predicted octanol–water partition coefficient (Wildman–Crippen LogP) is 7.03. The third-order valence-electron chi connectivity index (χ3n) is 9.01. The molecule has 220 valence electrons. The van der Waals surface area contributed by atoms with E-state index in [2.05, 4.69) is 28.0 Å². The minimum absolute atomic E-state index is 0.165. The molecule has 3 aliphatic rings. The van der Waals surface area contributed by atoms with Crippen LogP contribution in [0.3, 0.4) is 0 Å². The van der Waals surface area contributed by atoms with Crippen molar-refractivity contribution in [1.29, 1.82) is 0 Å². The van der Waals surface area contributed by atoms with E-state index in [1.807, 2.05) is 37.3 Å². The predicted molar refractivity (Wildman–Crippen MR) is 166 cm³/mol. The minimum atomic E-state index is -1.57. The third-order valence-corrected chi connectivity index (χ3v) is 10.2. The molecule has 4 atom stereocenters. The number of fused-ring (bicyclic) bond motifs is 3. The van der Waals surface area contributed by atoms with Gasteiger partial charge in [0.15, 0.2) is 0 Å². The summed E-state index contributed by atoms with van der Waals surface area (Å²) in [6, 6.07) is 11.6. The number of allylic oxidation sites excluding steroid dienone is 2. The van der Waals surface area contributed by atoms with Gasteiger partial charge in [-0.1, -0.05) is 48.1 Å². The highest BCUT2D eigenvalue weighted by atomic mass is 35.5. The van der Waals surface area contributed by atoms with E-state index in [0.717, 1.165) is 68.1 Å². The van der Waals surface area contributed by atoms with Gasteiger partial charge in [-0.3, -0.25) is 4.79 Å². The molecule has 1 spiro atoms. The highest BCUT2D eigenvalue weighted by Gasteiger charge is 2.44. The van der Waals surface area contributed by atoms with Crippen molar-refractivity contribution < 1.29 is 18.8 Å². The van der Waals surface area contributed by atoms with Crippen LogP contribution in [0.2, 0.25) is 5.02 Å². The van der Waals surface area contributed by atoms with Crippen molar-refractivity contribution in [2.24, 2.45) is 16.2 Å². The molecule has 1 saturated carbocycles. The van der Waals surface area contributed by atoms with Gasteiger partial charge in [0.05, 0.1) is 18.4 Å². The lowest BCUT2D eigenvalue weighted by Crippen LogP contribution is -2.49. The first-order valence-electron chi connectivity index (χ1n) is 14.7. The molecule has 0 radical (unpaired) electrons. The second-order valence-corrected chi connectivity index (χ2v) is 13.3. The number of aryl methyl sites for hydroxylation is 1. The van der Waals surface area contributed by atoms with Gasteiger partial charge in [-0.25, -0.2) is 0 Å². The maximum Gasteiger partial charge on any atom is 0.254 e. The van der Waals surface area contributed by atoms with Crippen LogP contribution in [0, 0.1) is 11.8 Å². The van der Waals surface area contributed by atoms with E-state index >= 15 is 0 Å². The molecule has 2 aromatic carbocycles. The Bertz CT molecular complexity index is 1400. The Morgan fingerprint density at radius 3 is 2.93 bits per heavy atom. The molecule has 1 fully saturated rings. The Labute approximate surface area is 250 Å². The minimum Gasteiger partial charge on any atom is -0.490 e. The monoisotopic (exact) mass is 595 g/mol. The zero-order valence-electron chi connectivity index (χ0n) is 23.8. The Balaban J connectivity index is 1.47. The van der Waals surface area contributed by atoms with Crippen molar-refractivity contribution in [3.63, 3.8) is 0 Å². The van der Waals surface area contributed by atoms with E-state index < -0.39 is 22.6 Å². The molecule has 0 bridgehead atoms. The molecule has 1 aliphatic heterocycles. The molecule has 5 rings (SSSR count). The van der Waals surface area contributed by atoms with Crippen LogP contribution in [0.4, 0.5) is 5.69 Å². The molecule has 1 amide bonds. The fourth-order valence-electron chi connectivity index (χ4n) is 6.66. The number of rotatable bonds is 9. The number of aliphatic hydroxyl groups is 1. The number of carbonyl (C=O) groups is 1. The number of benzene rings is 2. The molecule has 6 nitrogen and oxygen atoms in total. The number of amides is 1. The quantitative estimate of drug-likeness (QED) is 0.191. The van der Waals surface area contributed by atoms with Crippen molar-refractivity contribution in [3.05, 3.63) is 82.9 Å². The van der Waals surface area contributed by atoms with E-state index in [9.17, 15) is 14.1 Å². The van der Waals surface area contributed by atoms with Crippen LogP contribution in [-0.4, -0.2) is 42.6 Å². The van der Waals surface area contributed by atoms with Gasteiger partial charge in [-0.05, 0) is 98.7 Å². The first-order chi connectivity index (χ1) is 19.8. The molecule has 41 heavy (non-hydrogen) atoms. The Morgan fingerprint density at radius 1 is 1.32 bits per heavy atom. The van der Waals surface area contributed by atoms with Crippen molar-refractivity contribution in [2.45, 2.75) is 63.4 Å². The molecule has 1 N–H and O–H groups in total. The largest absolute Gasteiger partial charge is 0.490 e. The van der Waals surface area contributed by atoms with Gasteiger partial charge in [0, 0.05) is 29.1 Å². The summed E-state index contributed by atoms with van der Waals surface area (Å²) in [7, 11) is -1.57. The number of aliphatic hydroxyl groups excluding tert-OH is 1. The smallest absolute Gasteiger partial charge is 0.254 e. The summed E-state index contributed by atoms with van der Waals surface area (Å²) in [5.74, 6) is 1.08. The summed E-state index contributed by atoms with van der Waals surface area (Å²) in [6.07, 6.45) is 11.6. The lowest BCUT2D eigenvalue weighted by atomic mass is 9.68. The molecular weight excluding hydrogens is 556 g/mol. The zero-order valence-corrected chi connectivity index (χ0v) is 25.3. The van der Waals surface area contributed by atoms with Crippen molar-refractivity contribution in [1.82, 2.24) is 0 Å². The number of halogens is 1. The van der Waals surface area contributed by atoms with Gasteiger partial charge in [-0.15, -0.1) is 6.58 Å². The maximum atomic E-state index is 13.1. The van der Waals surface area contributed by atoms with Crippen molar-refractivity contribution >= 4 is 33.8 Å². The number of carbonyl (C=O) groups excluding carboxylic acids is 1. The van der Waals surface area contributed by atoms with Crippen molar-refractivity contribution in [3.8, 4) is 5.75 Å². The van der Waals surface area contributed by atoms with Crippen LogP contribution in [-0.2, 0) is 26.6 Å². The summed E-state index contributed by atoms with van der Waals surface area (Å²) in [6.45, 7) is 7.76. The second-order valence-electron chi connectivity index (χ2n) is 11.6. The van der Waals surface area contributed by atoms with Crippen LogP contribution in [0.1, 0.15) is 66.9 Å². The highest BCUT2D eigenvalue weighted by molar-refractivity contribution is 7.75. The SMILES string of the molecule is C=C[C@H](O)[C@@H]1CC[C@H]1CN1C[C@@]2(CCCc3cc(Cl)ccc32)COc2ccc(C(=O)N=[S-](=O)CCC/C=C\C)cc21. The standard InChI is InChI=1S/C33H40ClN2O4S/c1-3-5-6-7-17-41(39)35-32(38)24-11-15-31-29(19-24)36(20-25-10-13-27(25)30(37)4-2)21-33(22-40-31)16-8-9-23-18-26(34)12-14-28(23)33/h3-5,11-12,14-15,18-19,25,27,30,37H,2,6-10,13,16-17,20-22H2,1H3/q-1/b5-3-/t25-,27+,30-,33-/m0/s1. The van der Waals surface area contributed by atoms with Gasteiger partial charge in [-0.2, -0.15) is 10.6 Å². The first-order valence-corrected chi connectivity index (χ1v) is 16.4. The van der Waals surface area contributed by atoms with Gasteiger partial charge in [0.1, 0.15) is 5.75 Å². The maximum absolute atomic E-state index is 13.1. The van der Waals surface area contributed by atoms with Crippen LogP contribution in [0.5, 0.6) is 5.75 Å². The Morgan fingerprint density at radius 2 is 2.17 bits per heavy atom. The average Bonchev–Trinajstić information content (AvgIpc) is 3.10. The van der Waals surface area contributed by atoms with Gasteiger partial charge < -0.3 is 23.3 Å². The molecule has 0 unspecified atom stereocenters. The molecule has 0 saturated heterocycles. The normalized spacial score (nSPS) is 25.1. The van der Waals surface area contributed by atoms with Crippen LogP contribution < -0.4 is 9.64 Å². The Kier molecular flexibility index (Phi) is 9.57. The number of anilines is 1. The van der Waals surface area contributed by atoms with E-state index in [-0.39, 0.29) is 11.3 Å². The molecule has 2 aliphatic carbocycles. The van der Waals surface area contributed by atoms with E-state index in [1.165, 1.54) is 11.1 Å². The third kappa shape index (κ3) is 6.58. The average molecular weight is 596 g/mol. The molecule has 0 aromatic heterocycles. The van der Waals surface area contributed by atoms with Crippen LogP contribution >= 0.6 is 11.6 Å². The summed E-state index contributed by atoms with van der Waals surface area (Å²) >= 11 is 6.38. The number of nitrogens with zero attached hydrogens (tertiary/aromatic N) is 2. The van der Waals surface area contributed by atoms with E-state index in [1.54, 1.807) is 12.1 Å².